The van der Waals surface area contributed by atoms with Crippen LogP contribution in [-0.2, 0) is 9.59 Å². The molecule has 0 radical (unpaired) electrons. The molecular weight excluding hydrogens is 238 g/mol. The number of carbonyl (C=O) groups excluding carboxylic acids is 2. The fourth-order valence-electron chi connectivity index (χ4n) is 1.94. The Kier molecular flexibility index (Phi) is 11.1. The minimum absolute atomic E-state index is 0.0631. The van der Waals surface area contributed by atoms with Crippen LogP contribution in [0.2, 0.25) is 0 Å². The van der Waals surface area contributed by atoms with Gasteiger partial charge in [0.15, 0.2) is 11.6 Å². The van der Waals surface area contributed by atoms with Gasteiger partial charge in [-0.3, -0.25) is 9.59 Å². The summed E-state index contributed by atoms with van der Waals surface area (Å²) in [6.45, 7) is 6.88. The van der Waals surface area contributed by atoms with Gasteiger partial charge in [0.05, 0.1) is 6.04 Å². The minimum Gasteiger partial charge on any atom is -0.321 e. The largest absolute Gasteiger partial charge is 0.321 e. The Morgan fingerprint density at radius 1 is 0.895 bits per heavy atom. The van der Waals surface area contributed by atoms with Crippen molar-refractivity contribution in [1.29, 1.82) is 0 Å². The predicted octanol–water partition coefficient (Wildman–Crippen LogP) is 3.33. The van der Waals surface area contributed by atoms with Crippen LogP contribution in [0.15, 0.2) is 25.3 Å². The van der Waals surface area contributed by atoms with Crippen LogP contribution in [0, 0.1) is 0 Å². The molecule has 0 amide bonds. The van der Waals surface area contributed by atoms with Gasteiger partial charge in [-0.2, -0.15) is 0 Å². The van der Waals surface area contributed by atoms with Crippen molar-refractivity contribution in [2.75, 3.05) is 0 Å². The fraction of sp³-hybridized carbons (Fsp3) is 0.625. The van der Waals surface area contributed by atoms with Crippen LogP contribution in [0.4, 0.5) is 0 Å². The summed E-state index contributed by atoms with van der Waals surface area (Å²) in [6, 6.07) is -0.373. The maximum atomic E-state index is 11.2. The Bertz CT molecular complexity index is 297. The maximum absolute atomic E-state index is 11.2. The van der Waals surface area contributed by atoms with Crippen LogP contribution in [0.3, 0.4) is 0 Å². The Labute approximate surface area is 116 Å². The van der Waals surface area contributed by atoms with Crippen molar-refractivity contribution in [2.45, 2.75) is 63.8 Å². The van der Waals surface area contributed by atoms with Gasteiger partial charge in [0.2, 0.25) is 0 Å². The first-order valence-electron chi connectivity index (χ1n) is 7.19. The van der Waals surface area contributed by atoms with Crippen molar-refractivity contribution in [3.05, 3.63) is 25.3 Å². The number of unbranched alkanes of at least 4 members (excludes halogenated alkanes) is 6. The third kappa shape index (κ3) is 10.4. The van der Waals surface area contributed by atoms with E-state index in [-0.39, 0.29) is 17.6 Å². The molecule has 0 saturated carbocycles. The highest BCUT2D eigenvalue weighted by Crippen LogP contribution is 2.10. The predicted molar refractivity (Wildman–Crippen MR) is 79.9 cm³/mol. The van der Waals surface area contributed by atoms with Gasteiger partial charge in [-0.1, -0.05) is 51.7 Å². The SMILES string of the molecule is C=CC(=O)CCCCCCCCCC(N)C(=O)C=C. The molecule has 19 heavy (non-hydrogen) atoms. The summed E-state index contributed by atoms with van der Waals surface area (Å²) in [5.41, 5.74) is 5.69. The lowest BCUT2D eigenvalue weighted by Gasteiger charge is -2.07. The quantitative estimate of drug-likeness (QED) is 0.410. The molecule has 0 fully saturated rings. The van der Waals surface area contributed by atoms with E-state index in [9.17, 15) is 9.59 Å². The van der Waals surface area contributed by atoms with Crippen molar-refractivity contribution in [3.8, 4) is 0 Å². The van der Waals surface area contributed by atoms with Gasteiger partial charge in [-0.15, -0.1) is 0 Å². The Morgan fingerprint density at radius 2 is 1.42 bits per heavy atom. The number of rotatable bonds is 13. The van der Waals surface area contributed by atoms with E-state index in [4.69, 9.17) is 5.73 Å². The number of ketones is 2. The average molecular weight is 265 g/mol. The van der Waals surface area contributed by atoms with Crippen LogP contribution in [-0.4, -0.2) is 17.6 Å². The maximum Gasteiger partial charge on any atom is 0.171 e. The molecule has 0 rings (SSSR count). The van der Waals surface area contributed by atoms with E-state index in [1.54, 1.807) is 0 Å². The van der Waals surface area contributed by atoms with Gasteiger partial charge in [0, 0.05) is 6.42 Å². The molecule has 0 bridgehead atoms. The second-order valence-corrected chi connectivity index (χ2v) is 4.90. The first kappa shape index (κ1) is 17.8. The summed E-state index contributed by atoms with van der Waals surface area (Å²) in [5.74, 6) is 0.0766. The minimum atomic E-state index is -0.373. The summed E-state index contributed by atoms with van der Waals surface area (Å²) in [5, 5.41) is 0. The van der Waals surface area contributed by atoms with E-state index in [1.807, 2.05) is 0 Å². The average Bonchev–Trinajstić information content (AvgIpc) is 2.43. The lowest BCUT2D eigenvalue weighted by atomic mass is 10.0. The van der Waals surface area contributed by atoms with Crippen LogP contribution < -0.4 is 5.73 Å². The Balaban J connectivity index is 3.27. The number of hydrogen-bond donors (Lipinski definition) is 1. The van der Waals surface area contributed by atoms with Gasteiger partial charge in [-0.25, -0.2) is 0 Å². The molecule has 0 aliphatic carbocycles. The second kappa shape index (κ2) is 11.8. The Morgan fingerprint density at radius 3 is 1.95 bits per heavy atom. The number of carbonyl (C=O) groups is 2. The number of nitrogens with two attached hydrogens (primary N) is 1. The van der Waals surface area contributed by atoms with E-state index in [0.717, 1.165) is 32.1 Å². The topological polar surface area (TPSA) is 60.2 Å². The highest BCUT2D eigenvalue weighted by Gasteiger charge is 2.08. The monoisotopic (exact) mass is 265 g/mol. The molecule has 3 nitrogen and oxygen atoms in total. The molecule has 2 N–H and O–H groups in total. The van der Waals surface area contributed by atoms with Crippen molar-refractivity contribution in [2.24, 2.45) is 5.73 Å². The van der Waals surface area contributed by atoms with Gasteiger partial charge in [-0.05, 0) is 25.0 Å². The zero-order valence-corrected chi connectivity index (χ0v) is 11.9. The normalized spacial score (nSPS) is 11.8. The zero-order valence-electron chi connectivity index (χ0n) is 11.9. The van der Waals surface area contributed by atoms with Crippen LogP contribution in [0.1, 0.15) is 57.8 Å². The summed E-state index contributed by atoms with van der Waals surface area (Å²) < 4.78 is 0. The standard InChI is InChI=1S/C16H27NO2/c1-3-14(18)12-10-8-6-5-7-9-11-13-15(17)16(19)4-2/h3-4,15H,1-2,5-13,17H2. The molecule has 1 atom stereocenters. The molecule has 0 aromatic carbocycles. The van der Waals surface area contributed by atoms with E-state index >= 15 is 0 Å². The van der Waals surface area contributed by atoms with Crippen molar-refractivity contribution < 1.29 is 9.59 Å². The first-order valence-corrected chi connectivity index (χ1v) is 7.19. The fourth-order valence-corrected chi connectivity index (χ4v) is 1.94. The molecule has 0 aliphatic heterocycles. The van der Waals surface area contributed by atoms with Crippen molar-refractivity contribution in [1.82, 2.24) is 0 Å². The molecule has 0 spiro atoms. The van der Waals surface area contributed by atoms with E-state index in [2.05, 4.69) is 13.2 Å². The molecule has 3 heteroatoms. The first-order chi connectivity index (χ1) is 9.11. The van der Waals surface area contributed by atoms with Crippen LogP contribution in [0.5, 0.6) is 0 Å². The highest BCUT2D eigenvalue weighted by molar-refractivity contribution is 5.93. The molecule has 0 aromatic heterocycles. The van der Waals surface area contributed by atoms with Gasteiger partial charge >= 0.3 is 0 Å². The lowest BCUT2D eigenvalue weighted by Crippen LogP contribution is -2.28. The van der Waals surface area contributed by atoms with Gasteiger partial charge < -0.3 is 5.73 Å². The van der Waals surface area contributed by atoms with Gasteiger partial charge in [0.25, 0.3) is 0 Å². The third-order valence-electron chi connectivity index (χ3n) is 3.23. The lowest BCUT2D eigenvalue weighted by molar-refractivity contribution is -0.116. The smallest absolute Gasteiger partial charge is 0.171 e. The Hall–Kier alpha value is -1.22. The molecule has 1 unspecified atom stereocenters. The van der Waals surface area contributed by atoms with Crippen molar-refractivity contribution in [3.63, 3.8) is 0 Å². The zero-order chi connectivity index (χ0) is 14.5. The van der Waals surface area contributed by atoms with E-state index in [0.29, 0.717) is 6.42 Å². The summed E-state index contributed by atoms with van der Waals surface area (Å²) in [4.78, 5) is 22.1. The summed E-state index contributed by atoms with van der Waals surface area (Å²) in [6.07, 6.45) is 11.8. The van der Waals surface area contributed by atoms with Crippen molar-refractivity contribution >= 4 is 11.6 Å². The summed E-state index contributed by atoms with van der Waals surface area (Å²) in [7, 11) is 0. The molecule has 0 aliphatic rings. The van der Waals surface area contributed by atoms with Crippen LogP contribution in [0.25, 0.3) is 0 Å². The molecule has 108 valence electrons. The van der Waals surface area contributed by atoms with Gasteiger partial charge in [0.1, 0.15) is 0 Å². The number of allylic oxidation sites excluding steroid dienone is 1. The molecule has 0 aromatic rings. The summed E-state index contributed by atoms with van der Waals surface area (Å²) >= 11 is 0. The second-order valence-electron chi connectivity index (χ2n) is 4.90. The van der Waals surface area contributed by atoms with E-state index in [1.165, 1.54) is 31.4 Å². The highest BCUT2D eigenvalue weighted by atomic mass is 16.1. The molecule has 0 heterocycles. The van der Waals surface area contributed by atoms with E-state index < -0.39 is 0 Å². The van der Waals surface area contributed by atoms with Crippen LogP contribution >= 0.6 is 0 Å². The third-order valence-corrected chi connectivity index (χ3v) is 3.23. The molecular formula is C16H27NO2. The molecule has 0 saturated heterocycles. The number of hydrogen-bond acceptors (Lipinski definition) is 3.